The van der Waals surface area contributed by atoms with Gasteiger partial charge in [-0.2, -0.15) is 0 Å². The SMILES string of the molecule is CC(C)(CON)c1cccc(S(C)(=O)=O)c1. The maximum absolute atomic E-state index is 11.4. The third kappa shape index (κ3) is 3.04. The zero-order valence-electron chi connectivity index (χ0n) is 9.73. The molecule has 1 rings (SSSR count). The minimum absolute atomic E-state index is 0.310. The number of hydrogen-bond acceptors (Lipinski definition) is 4. The van der Waals surface area contributed by atoms with E-state index in [9.17, 15) is 8.42 Å². The molecule has 0 aliphatic carbocycles. The van der Waals surface area contributed by atoms with Crippen molar-refractivity contribution in [3.05, 3.63) is 29.8 Å². The highest BCUT2D eigenvalue weighted by molar-refractivity contribution is 7.90. The van der Waals surface area contributed by atoms with Gasteiger partial charge in [-0.15, -0.1) is 0 Å². The molecule has 0 saturated heterocycles. The van der Waals surface area contributed by atoms with Gasteiger partial charge in [0.2, 0.25) is 0 Å². The molecule has 0 saturated carbocycles. The van der Waals surface area contributed by atoms with Crippen LogP contribution >= 0.6 is 0 Å². The summed E-state index contributed by atoms with van der Waals surface area (Å²) in [5.41, 5.74) is 0.580. The van der Waals surface area contributed by atoms with Crippen molar-refractivity contribution in [2.24, 2.45) is 5.90 Å². The van der Waals surface area contributed by atoms with Gasteiger partial charge < -0.3 is 4.84 Å². The maximum Gasteiger partial charge on any atom is 0.175 e. The van der Waals surface area contributed by atoms with Gasteiger partial charge in [0.15, 0.2) is 9.84 Å². The van der Waals surface area contributed by atoms with Crippen molar-refractivity contribution in [3.63, 3.8) is 0 Å². The molecule has 4 nitrogen and oxygen atoms in total. The lowest BCUT2D eigenvalue weighted by atomic mass is 9.86. The number of hydrogen-bond donors (Lipinski definition) is 1. The predicted molar refractivity (Wildman–Crippen MR) is 62.7 cm³/mol. The van der Waals surface area contributed by atoms with Crippen LogP contribution < -0.4 is 5.90 Å². The second-order valence-electron chi connectivity index (χ2n) is 4.49. The normalized spacial score (nSPS) is 12.8. The molecule has 0 bridgehead atoms. The summed E-state index contributed by atoms with van der Waals surface area (Å²) in [5.74, 6) is 5.06. The van der Waals surface area contributed by atoms with E-state index >= 15 is 0 Å². The number of rotatable bonds is 4. The van der Waals surface area contributed by atoms with E-state index in [-0.39, 0.29) is 5.41 Å². The molecule has 1 aromatic carbocycles. The summed E-state index contributed by atoms with van der Waals surface area (Å²) >= 11 is 0. The average molecular weight is 243 g/mol. The molecule has 0 radical (unpaired) electrons. The second kappa shape index (κ2) is 4.53. The van der Waals surface area contributed by atoms with Crippen molar-refractivity contribution in [2.75, 3.05) is 12.9 Å². The van der Waals surface area contributed by atoms with Crippen LogP contribution in [0.5, 0.6) is 0 Å². The Morgan fingerprint density at radius 1 is 1.38 bits per heavy atom. The average Bonchev–Trinajstić information content (AvgIpc) is 2.16. The molecule has 16 heavy (non-hydrogen) atoms. The van der Waals surface area contributed by atoms with E-state index in [0.717, 1.165) is 5.56 Å². The number of nitrogens with two attached hydrogens (primary N) is 1. The molecule has 0 unspecified atom stereocenters. The fourth-order valence-corrected chi connectivity index (χ4v) is 2.11. The molecule has 0 spiro atoms. The molecule has 0 amide bonds. The molecule has 1 aromatic rings. The van der Waals surface area contributed by atoms with Crippen LogP contribution in [0, 0.1) is 0 Å². The van der Waals surface area contributed by atoms with Crippen LogP contribution in [-0.2, 0) is 20.1 Å². The van der Waals surface area contributed by atoms with E-state index in [1.807, 2.05) is 19.9 Å². The fourth-order valence-electron chi connectivity index (χ4n) is 1.44. The molecule has 5 heteroatoms. The first-order valence-corrected chi connectivity index (χ1v) is 6.79. The monoisotopic (exact) mass is 243 g/mol. The first kappa shape index (κ1) is 13.2. The molecule has 0 aliphatic rings. The van der Waals surface area contributed by atoms with E-state index in [4.69, 9.17) is 5.90 Å². The highest BCUT2D eigenvalue weighted by Crippen LogP contribution is 2.25. The highest BCUT2D eigenvalue weighted by Gasteiger charge is 2.22. The molecule has 90 valence electrons. The summed E-state index contributed by atoms with van der Waals surface area (Å²) in [6.07, 6.45) is 1.19. The van der Waals surface area contributed by atoms with Crippen molar-refractivity contribution in [1.29, 1.82) is 0 Å². The van der Waals surface area contributed by atoms with E-state index in [1.165, 1.54) is 6.26 Å². The first-order valence-electron chi connectivity index (χ1n) is 4.90. The van der Waals surface area contributed by atoms with E-state index in [2.05, 4.69) is 4.84 Å². The molecule has 0 fully saturated rings. The Morgan fingerprint density at radius 2 is 2.00 bits per heavy atom. The standard InChI is InChI=1S/C11H17NO3S/c1-11(2,8-15-12)9-5-4-6-10(7-9)16(3,13)14/h4-7H,8,12H2,1-3H3. The summed E-state index contributed by atoms with van der Waals surface area (Å²) < 4.78 is 22.8. The number of benzene rings is 1. The Hall–Kier alpha value is -0.910. The zero-order chi connectivity index (χ0) is 12.4. The lowest BCUT2D eigenvalue weighted by Crippen LogP contribution is -2.26. The molecular formula is C11H17NO3S. The molecule has 0 aromatic heterocycles. The summed E-state index contributed by atoms with van der Waals surface area (Å²) in [5, 5.41) is 0. The second-order valence-corrected chi connectivity index (χ2v) is 6.51. The van der Waals surface area contributed by atoms with Crippen molar-refractivity contribution in [1.82, 2.24) is 0 Å². The van der Waals surface area contributed by atoms with Crippen molar-refractivity contribution in [3.8, 4) is 0 Å². The van der Waals surface area contributed by atoms with Gasteiger partial charge >= 0.3 is 0 Å². The third-order valence-electron chi connectivity index (χ3n) is 2.49. The van der Waals surface area contributed by atoms with Gasteiger partial charge in [-0.25, -0.2) is 14.3 Å². The van der Waals surface area contributed by atoms with Gasteiger partial charge in [0, 0.05) is 11.7 Å². The van der Waals surface area contributed by atoms with Crippen LogP contribution in [0.1, 0.15) is 19.4 Å². The predicted octanol–water partition coefficient (Wildman–Crippen LogP) is 1.26. The summed E-state index contributed by atoms with van der Waals surface area (Å²) in [7, 11) is -3.17. The van der Waals surface area contributed by atoms with Crippen LogP contribution in [0.15, 0.2) is 29.2 Å². The number of sulfone groups is 1. The van der Waals surface area contributed by atoms with Crippen molar-refractivity contribution >= 4 is 9.84 Å². The van der Waals surface area contributed by atoms with Gasteiger partial charge in [0.1, 0.15) is 0 Å². The van der Waals surface area contributed by atoms with Crippen LogP contribution in [0.4, 0.5) is 0 Å². The quantitative estimate of drug-likeness (QED) is 0.808. The van der Waals surface area contributed by atoms with Crippen LogP contribution in [0.25, 0.3) is 0 Å². The van der Waals surface area contributed by atoms with E-state index in [0.29, 0.717) is 11.5 Å². The molecule has 0 heterocycles. The first-order chi connectivity index (χ1) is 7.27. The van der Waals surface area contributed by atoms with Gasteiger partial charge in [-0.1, -0.05) is 26.0 Å². The summed E-state index contributed by atoms with van der Waals surface area (Å²) in [4.78, 5) is 4.95. The molecule has 2 N–H and O–H groups in total. The summed E-state index contributed by atoms with van der Waals surface area (Å²) in [6, 6.07) is 6.84. The smallest absolute Gasteiger partial charge is 0.175 e. The minimum Gasteiger partial charge on any atom is -0.304 e. The highest BCUT2D eigenvalue weighted by atomic mass is 32.2. The van der Waals surface area contributed by atoms with Gasteiger partial charge in [-0.3, -0.25) is 0 Å². The Bertz CT molecular complexity index is 466. The topological polar surface area (TPSA) is 69.4 Å². The Morgan fingerprint density at radius 3 is 2.50 bits per heavy atom. The lowest BCUT2D eigenvalue weighted by Gasteiger charge is -2.24. The van der Waals surface area contributed by atoms with Gasteiger partial charge in [0.25, 0.3) is 0 Å². The Balaban J connectivity index is 3.18. The zero-order valence-corrected chi connectivity index (χ0v) is 10.5. The van der Waals surface area contributed by atoms with Crippen LogP contribution in [0.2, 0.25) is 0 Å². The van der Waals surface area contributed by atoms with Crippen LogP contribution in [0.3, 0.4) is 0 Å². The summed E-state index contributed by atoms with van der Waals surface area (Å²) in [6.45, 7) is 4.22. The largest absolute Gasteiger partial charge is 0.304 e. The minimum atomic E-state index is -3.17. The lowest BCUT2D eigenvalue weighted by molar-refractivity contribution is 0.0963. The van der Waals surface area contributed by atoms with E-state index < -0.39 is 9.84 Å². The molecular weight excluding hydrogens is 226 g/mol. The van der Waals surface area contributed by atoms with Crippen molar-refractivity contribution < 1.29 is 13.3 Å². The van der Waals surface area contributed by atoms with Crippen LogP contribution in [-0.4, -0.2) is 21.3 Å². The van der Waals surface area contributed by atoms with E-state index in [1.54, 1.807) is 18.2 Å². The van der Waals surface area contributed by atoms with Crippen molar-refractivity contribution in [2.45, 2.75) is 24.2 Å². The van der Waals surface area contributed by atoms with Gasteiger partial charge in [0.05, 0.1) is 11.5 Å². The maximum atomic E-state index is 11.4. The molecule has 0 aliphatic heterocycles. The Labute approximate surface area is 96.3 Å². The molecule has 0 atom stereocenters. The Kier molecular flexibility index (Phi) is 3.72. The third-order valence-corrected chi connectivity index (χ3v) is 3.60. The van der Waals surface area contributed by atoms with Gasteiger partial charge in [-0.05, 0) is 17.7 Å². The fraction of sp³-hybridized carbons (Fsp3) is 0.455.